The lowest BCUT2D eigenvalue weighted by molar-refractivity contribution is 0.102. The Bertz CT molecular complexity index is 869. The van der Waals surface area contributed by atoms with Crippen molar-refractivity contribution >= 4 is 32.3 Å². The van der Waals surface area contributed by atoms with Crippen LogP contribution in [0, 0.1) is 6.92 Å². The van der Waals surface area contributed by atoms with Crippen molar-refractivity contribution in [2.75, 3.05) is 4.72 Å². The summed E-state index contributed by atoms with van der Waals surface area (Å²) >= 11 is 1.07. The smallest absolute Gasteiger partial charge is 0.263 e. The molecule has 0 aliphatic heterocycles. The molecule has 1 N–H and O–H groups in total. The highest BCUT2D eigenvalue weighted by Crippen LogP contribution is 2.28. The van der Waals surface area contributed by atoms with Gasteiger partial charge in [-0.25, -0.2) is 13.4 Å². The number of carbonyl (C=O) groups excluding carboxylic acids is 1. The average Bonchev–Trinajstić information content (AvgIpc) is 2.86. The molecular weight excluding hydrogens is 332 g/mol. The highest BCUT2D eigenvalue weighted by molar-refractivity contribution is 7.93. The fraction of sp³-hybridized carbons (Fsp3) is 0.375. The second-order valence-electron chi connectivity index (χ2n) is 5.73. The molecule has 23 heavy (non-hydrogen) atoms. The van der Waals surface area contributed by atoms with Crippen LogP contribution in [-0.4, -0.2) is 19.2 Å². The zero-order valence-electron chi connectivity index (χ0n) is 13.0. The molecule has 0 amide bonds. The molecule has 0 bridgehead atoms. The van der Waals surface area contributed by atoms with E-state index in [1.165, 1.54) is 12.5 Å². The molecule has 0 atom stereocenters. The van der Waals surface area contributed by atoms with Crippen LogP contribution in [0.2, 0.25) is 0 Å². The van der Waals surface area contributed by atoms with E-state index in [2.05, 4.69) is 9.71 Å². The van der Waals surface area contributed by atoms with Crippen LogP contribution in [0.25, 0.3) is 0 Å². The summed E-state index contributed by atoms with van der Waals surface area (Å²) in [5.74, 6) is -0.112. The first-order chi connectivity index (χ1) is 10.9. The highest BCUT2D eigenvalue weighted by Gasteiger charge is 2.20. The van der Waals surface area contributed by atoms with E-state index in [1.54, 1.807) is 19.1 Å². The van der Waals surface area contributed by atoms with E-state index in [1.807, 2.05) is 6.07 Å². The number of Topliss-reactive ketones (excluding diaryl/α,β-unsaturated/α-hetero) is 1. The average molecular weight is 350 g/mol. The van der Waals surface area contributed by atoms with Gasteiger partial charge in [-0.3, -0.25) is 9.52 Å². The first-order valence-corrected chi connectivity index (χ1v) is 9.80. The first-order valence-electron chi connectivity index (χ1n) is 7.50. The number of hydrogen-bond donors (Lipinski definition) is 1. The first kappa shape index (κ1) is 16.1. The van der Waals surface area contributed by atoms with Gasteiger partial charge in [-0.05, 0) is 55.9 Å². The highest BCUT2D eigenvalue weighted by atomic mass is 32.2. The van der Waals surface area contributed by atoms with Crippen LogP contribution in [0.3, 0.4) is 0 Å². The van der Waals surface area contributed by atoms with Crippen LogP contribution in [-0.2, 0) is 22.9 Å². The van der Waals surface area contributed by atoms with E-state index in [0.29, 0.717) is 10.6 Å². The third-order valence-electron chi connectivity index (χ3n) is 3.97. The summed E-state index contributed by atoms with van der Waals surface area (Å²) < 4.78 is 27.6. The number of fused-ring (bicyclic) bond motifs is 1. The van der Waals surface area contributed by atoms with E-state index >= 15 is 0 Å². The molecule has 0 fully saturated rings. The number of thiazole rings is 1. The maximum Gasteiger partial charge on any atom is 0.263 e. The molecule has 1 aliphatic carbocycles. The van der Waals surface area contributed by atoms with Gasteiger partial charge in [-0.1, -0.05) is 17.4 Å². The fourth-order valence-electron chi connectivity index (χ4n) is 2.82. The quantitative estimate of drug-likeness (QED) is 0.858. The second kappa shape index (κ2) is 6.05. The van der Waals surface area contributed by atoms with Gasteiger partial charge < -0.3 is 0 Å². The third kappa shape index (κ3) is 3.30. The van der Waals surface area contributed by atoms with Crippen molar-refractivity contribution in [2.45, 2.75) is 44.4 Å². The van der Waals surface area contributed by atoms with Crippen molar-refractivity contribution in [1.29, 1.82) is 0 Å². The van der Waals surface area contributed by atoms with E-state index < -0.39 is 10.0 Å². The number of benzene rings is 1. The number of sulfonamides is 1. The molecule has 2 aromatic rings. The molecule has 1 heterocycles. The van der Waals surface area contributed by atoms with Crippen LogP contribution < -0.4 is 4.72 Å². The summed E-state index contributed by atoms with van der Waals surface area (Å²) in [4.78, 5) is 16.3. The number of anilines is 1. The lowest BCUT2D eigenvalue weighted by atomic mass is 9.92. The number of carbonyl (C=O) groups is 1. The van der Waals surface area contributed by atoms with Crippen molar-refractivity contribution in [3.05, 3.63) is 39.9 Å². The fourth-order valence-corrected chi connectivity index (χ4v) is 4.96. The van der Waals surface area contributed by atoms with Gasteiger partial charge in [-0.2, -0.15) is 0 Å². The van der Waals surface area contributed by atoms with Crippen molar-refractivity contribution < 1.29 is 13.2 Å². The van der Waals surface area contributed by atoms with Gasteiger partial charge in [0.25, 0.3) is 10.0 Å². The minimum Gasteiger partial charge on any atom is -0.294 e. The number of hydrogen-bond acceptors (Lipinski definition) is 5. The molecule has 0 spiro atoms. The molecule has 0 unspecified atom stereocenters. The lowest BCUT2D eigenvalue weighted by Crippen LogP contribution is -2.14. The van der Waals surface area contributed by atoms with Gasteiger partial charge in [0.2, 0.25) is 0 Å². The number of ketones is 1. The maximum atomic E-state index is 12.5. The van der Waals surface area contributed by atoms with E-state index in [4.69, 9.17) is 0 Å². The number of rotatable bonds is 4. The van der Waals surface area contributed by atoms with Crippen molar-refractivity contribution in [2.24, 2.45) is 0 Å². The molecule has 1 aromatic carbocycles. The summed E-state index contributed by atoms with van der Waals surface area (Å²) in [6.45, 7) is 3.15. The lowest BCUT2D eigenvalue weighted by Gasteiger charge is -2.16. The molecule has 0 saturated carbocycles. The van der Waals surface area contributed by atoms with Crippen molar-refractivity contribution in [3.63, 3.8) is 0 Å². The zero-order chi connectivity index (χ0) is 16.6. The molecule has 7 heteroatoms. The van der Waals surface area contributed by atoms with Gasteiger partial charge in [0.05, 0.1) is 15.5 Å². The zero-order valence-corrected chi connectivity index (χ0v) is 14.7. The van der Waals surface area contributed by atoms with E-state index in [9.17, 15) is 13.2 Å². The summed E-state index contributed by atoms with van der Waals surface area (Å²) in [6.07, 6.45) is 4.18. The Kier molecular flexibility index (Phi) is 4.25. The third-order valence-corrected chi connectivity index (χ3v) is 6.61. The Balaban J connectivity index is 1.90. The van der Waals surface area contributed by atoms with Gasteiger partial charge in [0.1, 0.15) is 0 Å². The van der Waals surface area contributed by atoms with Crippen LogP contribution in [0.1, 0.15) is 46.3 Å². The Morgan fingerprint density at radius 1 is 1.22 bits per heavy atom. The minimum absolute atomic E-state index is 0.112. The molecule has 5 nitrogen and oxygen atoms in total. The summed E-state index contributed by atoms with van der Waals surface area (Å²) in [5, 5.41) is 0.227. The number of nitrogens with zero attached hydrogens (tertiary/aromatic N) is 1. The number of aryl methyl sites for hydroxylation is 3. The summed E-state index contributed by atoms with van der Waals surface area (Å²) in [5.41, 5.74) is 2.89. The van der Waals surface area contributed by atoms with Crippen molar-refractivity contribution in [3.8, 4) is 0 Å². The second-order valence-corrected chi connectivity index (χ2v) is 8.41. The molecule has 122 valence electrons. The Morgan fingerprint density at radius 3 is 2.57 bits per heavy atom. The molecule has 3 rings (SSSR count). The number of aromatic nitrogens is 1. The Morgan fingerprint density at radius 2 is 1.91 bits per heavy atom. The molecule has 0 saturated heterocycles. The van der Waals surface area contributed by atoms with Gasteiger partial charge >= 0.3 is 0 Å². The number of nitrogens with one attached hydrogen (secondary N) is 1. The molecule has 1 aliphatic rings. The van der Waals surface area contributed by atoms with Gasteiger partial charge in [0, 0.05) is 6.92 Å². The van der Waals surface area contributed by atoms with E-state index in [0.717, 1.165) is 42.6 Å². The topological polar surface area (TPSA) is 76.1 Å². The van der Waals surface area contributed by atoms with Crippen LogP contribution in [0.5, 0.6) is 0 Å². The standard InChI is InChI=1S/C16H18N2O3S2/c1-10-15(11(2)19)22-16(17-10)18-23(20,21)14-8-7-12-5-3-4-6-13(12)9-14/h7-9H,3-6H2,1-2H3,(H,17,18). The molecule has 1 aromatic heterocycles. The van der Waals surface area contributed by atoms with E-state index in [-0.39, 0.29) is 15.8 Å². The predicted molar refractivity (Wildman–Crippen MR) is 90.7 cm³/mol. The van der Waals surface area contributed by atoms with Crippen molar-refractivity contribution in [1.82, 2.24) is 4.98 Å². The van der Waals surface area contributed by atoms with Crippen LogP contribution >= 0.6 is 11.3 Å². The summed E-state index contributed by atoms with van der Waals surface area (Å²) in [6, 6.07) is 5.29. The molecule has 0 radical (unpaired) electrons. The molecular formula is C16H18N2O3S2. The normalized spacial score (nSPS) is 14.3. The minimum atomic E-state index is -3.69. The Labute approximate surface area is 139 Å². The Hall–Kier alpha value is -1.73. The monoisotopic (exact) mass is 350 g/mol. The summed E-state index contributed by atoms with van der Waals surface area (Å²) in [7, 11) is -3.69. The van der Waals surface area contributed by atoms with Crippen LogP contribution in [0.15, 0.2) is 23.1 Å². The van der Waals surface area contributed by atoms with Gasteiger partial charge in [0.15, 0.2) is 10.9 Å². The maximum absolute atomic E-state index is 12.5. The van der Waals surface area contributed by atoms with Gasteiger partial charge in [-0.15, -0.1) is 0 Å². The van der Waals surface area contributed by atoms with Crippen LogP contribution in [0.4, 0.5) is 5.13 Å². The predicted octanol–water partition coefficient (Wildman–Crippen LogP) is 3.33. The largest absolute Gasteiger partial charge is 0.294 e. The SMILES string of the molecule is CC(=O)c1sc(NS(=O)(=O)c2ccc3c(c2)CCCC3)nc1C.